The van der Waals surface area contributed by atoms with E-state index in [4.69, 9.17) is 1.41 Å². The Hall–Kier alpha value is -1.35. The number of amides is 1. The lowest BCUT2D eigenvalue weighted by Gasteiger charge is -2.27. The van der Waals surface area contributed by atoms with Crippen molar-refractivity contribution in [2.24, 2.45) is 0 Å². The molecule has 1 amide bonds. The summed E-state index contributed by atoms with van der Waals surface area (Å²) in [5, 5.41) is 1.50. The van der Waals surface area contributed by atoms with Gasteiger partial charge < -0.3 is 10.2 Å². The maximum absolute atomic E-state index is 12.2. The van der Waals surface area contributed by atoms with Crippen LogP contribution in [0.5, 0.6) is 0 Å². The molecule has 2 rings (SSSR count). The molecule has 0 aromatic heterocycles. The average Bonchev–Trinajstić information content (AvgIpc) is 2.30. The predicted molar refractivity (Wildman–Crippen MR) is 60.0 cm³/mol. The summed E-state index contributed by atoms with van der Waals surface area (Å²) in [5.74, 6) is 0.0891. The van der Waals surface area contributed by atoms with Gasteiger partial charge in [-0.25, -0.2) is 0 Å². The first kappa shape index (κ1) is 8.92. The standard InChI is InChI=1S/C12H16N2O/c1-10-4-2-3-5-11(10)12(15)14-8-6-13-7-9-14/h2-5,13H,6-9H2,1H3/i/hD. The highest BCUT2D eigenvalue weighted by Gasteiger charge is 2.18. The number of rotatable bonds is 1. The summed E-state index contributed by atoms with van der Waals surface area (Å²) in [6.07, 6.45) is 0. The van der Waals surface area contributed by atoms with Crippen LogP contribution in [0.3, 0.4) is 0 Å². The number of nitrogens with zero attached hydrogens (tertiary/aromatic N) is 1. The molecule has 1 saturated heterocycles. The largest absolute Gasteiger partial charge is 0.336 e. The van der Waals surface area contributed by atoms with Crippen molar-refractivity contribution < 1.29 is 6.21 Å². The third-order valence-corrected chi connectivity index (χ3v) is 2.72. The van der Waals surface area contributed by atoms with Gasteiger partial charge in [-0.05, 0) is 18.6 Å². The normalized spacial score (nSPS) is 18.7. The van der Waals surface area contributed by atoms with Crippen molar-refractivity contribution in [3.8, 4) is 0 Å². The van der Waals surface area contributed by atoms with E-state index in [0.29, 0.717) is 26.2 Å². The summed E-state index contributed by atoms with van der Waals surface area (Å²) in [5.41, 5.74) is 1.79. The lowest BCUT2D eigenvalue weighted by Crippen LogP contribution is -2.46. The topological polar surface area (TPSA) is 32.3 Å². The third kappa shape index (κ3) is 2.18. The van der Waals surface area contributed by atoms with Crippen LogP contribution in [-0.4, -0.2) is 37.0 Å². The minimum absolute atomic E-state index is 0.0891. The van der Waals surface area contributed by atoms with Crippen molar-refractivity contribution in [2.45, 2.75) is 6.92 Å². The molecule has 1 heterocycles. The number of benzene rings is 1. The highest BCUT2D eigenvalue weighted by atomic mass is 16.2. The van der Waals surface area contributed by atoms with Crippen molar-refractivity contribution in [1.82, 2.24) is 10.2 Å². The first-order valence-electron chi connectivity index (χ1n) is 5.72. The van der Waals surface area contributed by atoms with E-state index in [-0.39, 0.29) is 5.91 Å². The van der Waals surface area contributed by atoms with E-state index in [1.807, 2.05) is 36.1 Å². The van der Waals surface area contributed by atoms with E-state index < -0.39 is 0 Å². The van der Waals surface area contributed by atoms with Gasteiger partial charge in [0, 0.05) is 31.7 Å². The van der Waals surface area contributed by atoms with E-state index in [9.17, 15) is 4.79 Å². The number of nitrogens with one attached hydrogen (secondary N) is 1. The van der Waals surface area contributed by atoms with Crippen LogP contribution in [0.25, 0.3) is 0 Å². The SMILES string of the molecule is [2H]N1CCN(C(=O)c2ccccc2C)CC1. The van der Waals surface area contributed by atoms with Crippen LogP contribution in [0, 0.1) is 6.92 Å². The lowest BCUT2D eigenvalue weighted by atomic mass is 10.1. The van der Waals surface area contributed by atoms with Crippen molar-refractivity contribution in [1.29, 1.82) is 0 Å². The van der Waals surface area contributed by atoms with Gasteiger partial charge in [-0.3, -0.25) is 4.79 Å². The molecule has 0 radical (unpaired) electrons. The van der Waals surface area contributed by atoms with E-state index in [1.165, 1.54) is 5.31 Å². The number of hydrogen-bond acceptors (Lipinski definition) is 2. The van der Waals surface area contributed by atoms with Gasteiger partial charge in [-0.1, -0.05) is 18.2 Å². The fourth-order valence-electron chi connectivity index (χ4n) is 1.79. The van der Waals surface area contributed by atoms with Crippen LogP contribution < -0.4 is 5.31 Å². The number of hydrogen-bond donors (Lipinski definition) is 1. The summed E-state index contributed by atoms with van der Waals surface area (Å²) in [4.78, 5) is 14.0. The van der Waals surface area contributed by atoms with E-state index in [0.717, 1.165) is 11.1 Å². The second-order valence-corrected chi connectivity index (χ2v) is 3.78. The summed E-state index contributed by atoms with van der Waals surface area (Å²) >= 11 is 0. The second kappa shape index (κ2) is 4.45. The Morgan fingerprint density at radius 1 is 1.40 bits per heavy atom. The van der Waals surface area contributed by atoms with Crippen LogP contribution in [0.2, 0.25) is 1.41 Å². The zero-order valence-corrected chi connectivity index (χ0v) is 8.94. The summed E-state index contributed by atoms with van der Waals surface area (Å²) < 4.78 is 7.45. The zero-order chi connectivity index (χ0) is 11.5. The van der Waals surface area contributed by atoms with Gasteiger partial charge in [0.1, 0.15) is 1.41 Å². The average molecular weight is 205 g/mol. The molecule has 1 aromatic carbocycles. The number of aryl methyl sites for hydroxylation is 1. The second-order valence-electron chi connectivity index (χ2n) is 3.78. The van der Waals surface area contributed by atoms with Crippen LogP contribution >= 0.6 is 0 Å². The molecule has 1 aliphatic heterocycles. The van der Waals surface area contributed by atoms with Crippen molar-refractivity contribution >= 4 is 5.91 Å². The van der Waals surface area contributed by atoms with Gasteiger partial charge >= 0.3 is 0 Å². The van der Waals surface area contributed by atoms with Gasteiger partial charge in [0.05, 0.1) is 0 Å². The minimum Gasteiger partial charge on any atom is -0.336 e. The smallest absolute Gasteiger partial charge is 0.254 e. The first-order chi connectivity index (χ1) is 7.68. The summed E-state index contributed by atoms with van der Waals surface area (Å²) in [6.45, 7) is 4.52. The Labute approximate surface area is 91.5 Å². The molecule has 0 unspecified atom stereocenters. The molecule has 0 bridgehead atoms. The molecule has 80 valence electrons. The molecule has 15 heavy (non-hydrogen) atoms. The van der Waals surface area contributed by atoms with Crippen LogP contribution in [0.15, 0.2) is 24.3 Å². The van der Waals surface area contributed by atoms with Crippen molar-refractivity contribution in [3.05, 3.63) is 35.4 Å². The van der Waals surface area contributed by atoms with E-state index in [1.54, 1.807) is 0 Å². The van der Waals surface area contributed by atoms with Gasteiger partial charge in [0.2, 0.25) is 0 Å². The Morgan fingerprint density at radius 3 is 2.73 bits per heavy atom. The van der Waals surface area contributed by atoms with Crippen LogP contribution in [-0.2, 0) is 0 Å². The molecular weight excluding hydrogens is 188 g/mol. The van der Waals surface area contributed by atoms with Crippen LogP contribution in [0.4, 0.5) is 0 Å². The minimum atomic E-state index is 0.0891. The van der Waals surface area contributed by atoms with Gasteiger partial charge in [0.15, 0.2) is 0 Å². The molecule has 1 fully saturated rings. The highest BCUT2D eigenvalue weighted by Crippen LogP contribution is 2.10. The molecule has 3 heteroatoms. The quantitative estimate of drug-likeness (QED) is 0.743. The van der Waals surface area contributed by atoms with Gasteiger partial charge in [0.25, 0.3) is 5.91 Å². The summed E-state index contributed by atoms with van der Waals surface area (Å²) in [7, 11) is 0. The Bertz CT molecular complexity index is 386. The lowest BCUT2D eigenvalue weighted by molar-refractivity contribution is 0.0735. The van der Waals surface area contributed by atoms with Crippen molar-refractivity contribution in [3.63, 3.8) is 0 Å². The van der Waals surface area contributed by atoms with E-state index >= 15 is 0 Å². The molecular formula is C12H16N2O. The molecule has 0 aliphatic carbocycles. The Balaban J connectivity index is 2.11. The molecule has 1 aliphatic rings. The molecule has 0 saturated carbocycles. The Morgan fingerprint density at radius 2 is 2.07 bits per heavy atom. The molecule has 3 nitrogen and oxygen atoms in total. The molecule has 1 N–H and O–H groups in total. The molecule has 0 spiro atoms. The van der Waals surface area contributed by atoms with Crippen molar-refractivity contribution in [2.75, 3.05) is 26.2 Å². The number of piperazine rings is 1. The predicted octanol–water partition coefficient (Wildman–Crippen LogP) is 1.04. The van der Waals surface area contributed by atoms with Gasteiger partial charge in [-0.15, -0.1) is 0 Å². The van der Waals surface area contributed by atoms with Crippen LogP contribution in [0.1, 0.15) is 15.9 Å². The zero-order valence-electron chi connectivity index (χ0n) is 9.94. The maximum Gasteiger partial charge on any atom is 0.254 e. The first-order valence-corrected chi connectivity index (χ1v) is 5.27. The third-order valence-electron chi connectivity index (χ3n) is 2.72. The monoisotopic (exact) mass is 205 g/mol. The fourth-order valence-corrected chi connectivity index (χ4v) is 1.79. The number of carbonyl (C=O) groups is 1. The highest BCUT2D eigenvalue weighted by molar-refractivity contribution is 5.95. The maximum atomic E-state index is 12.2. The van der Waals surface area contributed by atoms with Gasteiger partial charge in [-0.2, -0.15) is 0 Å². The number of carbonyl (C=O) groups excluding carboxylic acids is 1. The Kier molecular flexibility index (Phi) is 2.64. The van der Waals surface area contributed by atoms with E-state index in [2.05, 4.69) is 0 Å². The summed E-state index contributed by atoms with van der Waals surface area (Å²) in [6, 6.07) is 7.65. The fraction of sp³-hybridized carbons (Fsp3) is 0.417. The molecule has 0 atom stereocenters. The molecule has 1 aromatic rings.